The van der Waals surface area contributed by atoms with Gasteiger partial charge in [-0.15, -0.1) is 0 Å². The van der Waals surface area contributed by atoms with Gasteiger partial charge < -0.3 is 10.2 Å². The molecule has 0 aliphatic heterocycles. The van der Waals surface area contributed by atoms with Crippen LogP contribution in [-0.2, 0) is 32.6 Å². The molecule has 0 bridgehead atoms. The number of nitrogens with zero attached hydrogens (tertiary/aromatic N) is 2. The molecule has 44 heavy (non-hydrogen) atoms. The zero-order chi connectivity index (χ0) is 31.9. The van der Waals surface area contributed by atoms with Gasteiger partial charge in [0.15, 0.2) is 0 Å². The van der Waals surface area contributed by atoms with E-state index in [1.54, 1.807) is 30.3 Å². The molecule has 0 saturated carbocycles. The summed E-state index contributed by atoms with van der Waals surface area (Å²) in [4.78, 5) is 29.8. The van der Waals surface area contributed by atoms with Crippen LogP contribution in [-0.4, -0.2) is 43.8 Å². The number of carbonyl (C=O) groups excluding carboxylic acids is 2. The van der Waals surface area contributed by atoms with Crippen molar-refractivity contribution in [2.24, 2.45) is 0 Å². The number of anilines is 1. The lowest BCUT2D eigenvalue weighted by molar-refractivity contribution is -0.140. The van der Waals surface area contributed by atoms with Gasteiger partial charge in [-0.25, -0.2) is 8.42 Å². The molecule has 2 amide bonds. The molecule has 7 nitrogen and oxygen atoms in total. The lowest BCUT2D eigenvalue weighted by atomic mass is 10.0. The normalized spacial score (nSPS) is 12.0. The number of amides is 2. The molecular weight excluding hydrogens is 594 g/mol. The first-order valence-corrected chi connectivity index (χ1v) is 16.3. The molecule has 4 aromatic rings. The summed E-state index contributed by atoms with van der Waals surface area (Å²) in [5.74, 6) is -0.842. The first kappa shape index (κ1) is 32.8. The van der Waals surface area contributed by atoms with Gasteiger partial charge in [-0.2, -0.15) is 0 Å². The van der Waals surface area contributed by atoms with E-state index in [9.17, 15) is 18.0 Å². The molecule has 0 aromatic heterocycles. The highest BCUT2D eigenvalue weighted by atomic mass is 35.5. The summed E-state index contributed by atoms with van der Waals surface area (Å²) in [7, 11) is -4.19. The van der Waals surface area contributed by atoms with Crippen molar-refractivity contribution in [2.45, 2.75) is 57.6 Å². The summed E-state index contributed by atoms with van der Waals surface area (Å²) in [6.07, 6.45) is 0.249. The molecule has 0 fully saturated rings. The first-order chi connectivity index (χ1) is 21.0. The number of benzene rings is 4. The van der Waals surface area contributed by atoms with Crippen LogP contribution in [0.25, 0.3) is 0 Å². The highest BCUT2D eigenvalue weighted by molar-refractivity contribution is 7.92. The van der Waals surface area contributed by atoms with Crippen LogP contribution in [0, 0.1) is 13.8 Å². The molecule has 0 radical (unpaired) electrons. The van der Waals surface area contributed by atoms with E-state index in [1.807, 2.05) is 82.3 Å². The number of aryl methyl sites for hydroxylation is 2. The van der Waals surface area contributed by atoms with Crippen molar-refractivity contribution in [3.05, 3.63) is 130 Å². The summed E-state index contributed by atoms with van der Waals surface area (Å²) in [6.45, 7) is 7.11. The SMILES string of the molecule is Cc1ccc(S(=O)(=O)N(CC(=O)N(Cc2ccccc2C)C(Cc2ccccc2)C(=O)NC(C)C)c2cccc(Cl)c2)cc1. The van der Waals surface area contributed by atoms with E-state index in [2.05, 4.69) is 5.32 Å². The fourth-order valence-corrected chi connectivity index (χ4v) is 6.49. The Balaban J connectivity index is 1.82. The number of rotatable bonds is 12. The molecule has 0 aliphatic carbocycles. The van der Waals surface area contributed by atoms with Crippen molar-refractivity contribution < 1.29 is 18.0 Å². The minimum Gasteiger partial charge on any atom is -0.352 e. The van der Waals surface area contributed by atoms with Gasteiger partial charge in [0.05, 0.1) is 10.6 Å². The van der Waals surface area contributed by atoms with Crippen LogP contribution in [0.3, 0.4) is 0 Å². The topological polar surface area (TPSA) is 86.8 Å². The Morgan fingerprint density at radius 2 is 1.50 bits per heavy atom. The van der Waals surface area contributed by atoms with Gasteiger partial charge in [-0.05, 0) is 74.7 Å². The fourth-order valence-electron chi connectivity index (χ4n) is 4.90. The maximum atomic E-state index is 14.5. The van der Waals surface area contributed by atoms with Crippen molar-refractivity contribution in [1.82, 2.24) is 10.2 Å². The van der Waals surface area contributed by atoms with Crippen LogP contribution in [0.1, 0.15) is 36.1 Å². The molecule has 1 unspecified atom stereocenters. The summed E-state index contributed by atoms with van der Waals surface area (Å²) in [5.41, 5.74) is 3.82. The van der Waals surface area contributed by atoms with E-state index >= 15 is 0 Å². The Labute approximate surface area is 265 Å². The van der Waals surface area contributed by atoms with Crippen LogP contribution in [0.2, 0.25) is 5.02 Å². The third-order valence-corrected chi connectivity index (χ3v) is 9.31. The second kappa shape index (κ2) is 14.6. The smallest absolute Gasteiger partial charge is 0.264 e. The lowest BCUT2D eigenvalue weighted by Gasteiger charge is -2.34. The predicted octanol–water partition coefficient (Wildman–Crippen LogP) is 6.32. The molecule has 4 rings (SSSR count). The molecule has 0 saturated heterocycles. The third-order valence-electron chi connectivity index (χ3n) is 7.29. The Morgan fingerprint density at radius 3 is 2.14 bits per heavy atom. The van der Waals surface area contributed by atoms with Crippen LogP contribution < -0.4 is 9.62 Å². The van der Waals surface area contributed by atoms with E-state index in [-0.39, 0.29) is 35.5 Å². The molecule has 0 aliphatic rings. The number of carbonyl (C=O) groups is 2. The minimum atomic E-state index is -4.19. The van der Waals surface area contributed by atoms with E-state index in [0.29, 0.717) is 5.02 Å². The third kappa shape index (κ3) is 8.27. The molecule has 1 N–H and O–H groups in total. The first-order valence-electron chi connectivity index (χ1n) is 14.5. The molecule has 230 valence electrons. The van der Waals surface area contributed by atoms with Gasteiger partial charge >= 0.3 is 0 Å². The van der Waals surface area contributed by atoms with Crippen LogP contribution in [0.15, 0.2) is 108 Å². The number of hydrogen-bond acceptors (Lipinski definition) is 4. The second-order valence-electron chi connectivity index (χ2n) is 11.1. The molecule has 0 spiro atoms. The lowest BCUT2D eigenvalue weighted by Crippen LogP contribution is -2.54. The van der Waals surface area contributed by atoms with Crippen LogP contribution in [0.5, 0.6) is 0 Å². The Kier molecular flexibility index (Phi) is 10.8. The largest absolute Gasteiger partial charge is 0.352 e. The number of nitrogens with one attached hydrogen (secondary N) is 1. The Morgan fingerprint density at radius 1 is 0.841 bits per heavy atom. The predicted molar refractivity (Wildman–Crippen MR) is 176 cm³/mol. The van der Waals surface area contributed by atoms with Gasteiger partial charge in [0, 0.05) is 24.0 Å². The van der Waals surface area contributed by atoms with Crippen LogP contribution in [0.4, 0.5) is 5.69 Å². The van der Waals surface area contributed by atoms with E-state index in [0.717, 1.165) is 26.6 Å². The van der Waals surface area contributed by atoms with E-state index in [4.69, 9.17) is 11.6 Å². The fraction of sp³-hybridized carbons (Fsp3) is 0.257. The monoisotopic (exact) mass is 631 g/mol. The average Bonchev–Trinajstić information content (AvgIpc) is 2.98. The van der Waals surface area contributed by atoms with Gasteiger partial charge in [0.1, 0.15) is 12.6 Å². The molecule has 1 atom stereocenters. The van der Waals surface area contributed by atoms with Gasteiger partial charge in [-0.3, -0.25) is 13.9 Å². The van der Waals surface area contributed by atoms with Crippen molar-refractivity contribution >= 4 is 39.1 Å². The summed E-state index contributed by atoms with van der Waals surface area (Å²) >= 11 is 6.29. The van der Waals surface area contributed by atoms with Crippen LogP contribution >= 0.6 is 11.6 Å². The standard InChI is InChI=1S/C35H38ClN3O4S/c1-25(2)37-35(41)33(21-28-12-6-5-7-13-28)38(23-29-14-9-8-11-27(29)4)34(40)24-39(31-16-10-15-30(36)22-31)44(42,43)32-19-17-26(3)18-20-32/h5-20,22,25,33H,21,23-24H2,1-4H3,(H,37,41). The molecule has 4 aromatic carbocycles. The second-order valence-corrected chi connectivity index (χ2v) is 13.4. The Bertz CT molecular complexity index is 1690. The maximum absolute atomic E-state index is 14.5. The summed E-state index contributed by atoms with van der Waals surface area (Å²) in [5, 5.41) is 3.30. The number of hydrogen-bond donors (Lipinski definition) is 1. The van der Waals surface area contributed by atoms with Crippen molar-refractivity contribution in [3.63, 3.8) is 0 Å². The molecule has 0 heterocycles. The van der Waals surface area contributed by atoms with Gasteiger partial charge in [0.2, 0.25) is 11.8 Å². The highest BCUT2D eigenvalue weighted by Gasteiger charge is 2.35. The maximum Gasteiger partial charge on any atom is 0.264 e. The summed E-state index contributed by atoms with van der Waals surface area (Å²) < 4.78 is 29.3. The number of sulfonamides is 1. The van der Waals surface area contributed by atoms with Gasteiger partial charge in [0.25, 0.3) is 10.0 Å². The van der Waals surface area contributed by atoms with Crippen molar-refractivity contribution in [3.8, 4) is 0 Å². The Hall–Kier alpha value is -4.14. The average molecular weight is 632 g/mol. The minimum absolute atomic E-state index is 0.0414. The van der Waals surface area contributed by atoms with E-state index in [1.165, 1.54) is 23.1 Å². The molecule has 9 heteroatoms. The number of halogens is 1. The van der Waals surface area contributed by atoms with E-state index < -0.39 is 28.5 Å². The van der Waals surface area contributed by atoms with Crippen molar-refractivity contribution in [2.75, 3.05) is 10.8 Å². The highest BCUT2D eigenvalue weighted by Crippen LogP contribution is 2.27. The molecular formula is C35H38ClN3O4S. The van der Waals surface area contributed by atoms with Gasteiger partial charge in [-0.1, -0.05) is 90.0 Å². The van der Waals surface area contributed by atoms with Crippen molar-refractivity contribution in [1.29, 1.82) is 0 Å². The quantitative estimate of drug-likeness (QED) is 0.198. The zero-order valence-electron chi connectivity index (χ0n) is 25.4. The summed E-state index contributed by atoms with van der Waals surface area (Å²) in [6, 6.07) is 28.9. The zero-order valence-corrected chi connectivity index (χ0v) is 27.0.